The molecule has 1 spiro atoms. The van der Waals surface area contributed by atoms with Crippen LogP contribution in [0, 0.1) is 5.92 Å². The molecule has 0 aromatic carbocycles. The molecule has 0 unspecified atom stereocenters. The molecule has 4 rings (SSSR count). The van der Waals surface area contributed by atoms with Gasteiger partial charge < -0.3 is 15.1 Å². The second-order valence-electron chi connectivity index (χ2n) is 7.38. The number of hydrogen-bond acceptors (Lipinski definition) is 5. The molecule has 144 valence electrons. The molecule has 1 aromatic rings. The molecule has 0 saturated carbocycles. The van der Waals surface area contributed by atoms with Crippen molar-refractivity contribution in [3.05, 3.63) is 22.4 Å². The zero-order valence-corrected chi connectivity index (χ0v) is 15.7. The summed E-state index contributed by atoms with van der Waals surface area (Å²) in [6.07, 6.45) is 2.41. The fourth-order valence-corrected chi connectivity index (χ4v) is 4.86. The minimum atomic E-state index is -0.873. The number of piperidine rings is 2. The molecule has 2 N–H and O–H groups in total. The summed E-state index contributed by atoms with van der Waals surface area (Å²) in [6, 6.07) is 3.20. The molecule has 8 nitrogen and oxygen atoms in total. The van der Waals surface area contributed by atoms with Crippen LogP contribution < -0.4 is 10.6 Å². The van der Waals surface area contributed by atoms with Crippen LogP contribution in [-0.2, 0) is 9.59 Å². The molecule has 4 heterocycles. The number of carbonyl (C=O) groups is 4. The number of imide groups is 1. The predicted octanol–water partition coefficient (Wildman–Crippen LogP) is 0.801. The lowest BCUT2D eigenvalue weighted by Crippen LogP contribution is -2.57. The second-order valence-corrected chi connectivity index (χ2v) is 8.33. The van der Waals surface area contributed by atoms with E-state index in [9.17, 15) is 19.2 Å². The van der Waals surface area contributed by atoms with Crippen LogP contribution in [0.3, 0.4) is 0 Å². The van der Waals surface area contributed by atoms with Gasteiger partial charge in [-0.05, 0) is 37.1 Å². The largest absolute Gasteiger partial charge is 0.342 e. The van der Waals surface area contributed by atoms with E-state index in [1.807, 2.05) is 17.5 Å². The summed E-state index contributed by atoms with van der Waals surface area (Å²) in [5, 5.41) is 6.86. The van der Waals surface area contributed by atoms with Gasteiger partial charge in [0.05, 0.1) is 10.8 Å². The van der Waals surface area contributed by atoms with Gasteiger partial charge in [0.15, 0.2) is 0 Å². The van der Waals surface area contributed by atoms with Crippen molar-refractivity contribution in [2.45, 2.75) is 31.2 Å². The van der Waals surface area contributed by atoms with E-state index in [1.165, 1.54) is 11.3 Å². The lowest BCUT2D eigenvalue weighted by atomic mass is 9.86. The number of thiophene rings is 1. The quantitative estimate of drug-likeness (QED) is 0.730. The first-order chi connectivity index (χ1) is 13.0. The summed E-state index contributed by atoms with van der Waals surface area (Å²) in [7, 11) is 0. The van der Waals surface area contributed by atoms with Crippen LogP contribution in [-0.4, -0.2) is 65.3 Å². The Kier molecular flexibility index (Phi) is 4.63. The Morgan fingerprint density at radius 1 is 1.15 bits per heavy atom. The summed E-state index contributed by atoms with van der Waals surface area (Å²) < 4.78 is 0. The van der Waals surface area contributed by atoms with E-state index in [0.717, 1.165) is 12.8 Å². The molecular formula is C18H22N4O4S. The third kappa shape index (κ3) is 3.31. The number of hydrogen-bond donors (Lipinski definition) is 2. The number of nitrogens with zero attached hydrogens (tertiary/aromatic N) is 2. The SMILES string of the molecule is O=C1NC(=O)C2(CCN(C(=O)[C@H]3CCCN(C(=O)c4cccs4)C3)CC2)N1. The van der Waals surface area contributed by atoms with E-state index in [-0.39, 0.29) is 23.6 Å². The number of carbonyl (C=O) groups excluding carboxylic acids is 4. The van der Waals surface area contributed by atoms with Gasteiger partial charge in [0, 0.05) is 26.2 Å². The van der Waals surface area contributed by atoms with Crippen molar-refractivity contribution in [1.29, 1.82) is 0 Å². The van der Waals surface area contributed by atoms with E-state index < -0.39 is 11.6 Å². The molecule has 0 bridgehead atoms. The van der Waals surface area contributed by atoms with Crippen molar-refractivity contribution >= 4 is 35.1 Å². The third-order valence-electron chi connectivity index (χ3n) is 5.73. The maximum Gasteiger partial charge on any atom is 0.322 e. The average molecular weight is 390 g/mol. The molecule has 3 aliphatic heterocycles. The van der Waals surface area contributed by atoms with Crippen molar-refractivity contribution in [2.75, 3.05) is 26.2 Å². The van der Waals surface area contributed by atoms with Gasteiger partial charge >= 0.3 is 6.03 Å². The summed E-state index contributed by atoms with van der Waals surface area (Å²) in [5.41, 5.74) is -0.873. The molecule has 1 aromatic heterocycles. The highest BCUT2D eigenvalue weighted by Crippen LogP contribution is 2.28. The maximum atomic E-state index is 13.0. The van der Waals surface area contributed by atoms with Gasteiger partial charge in [-0.2, -0.15) is 0 Å². The summed E-state index contributed by atoms with van der Waals surface area (Å²) >= 11 is 1.41. The second kappa shape index (κ2) is 6.95. The number of likely N-dealkylation sites (tertiary alicyclic amines) is 2. The Bertz CT molecular complexity index is 770. The van der Waals surface area contributed by atoms with Crippen LogP contribution in [0.15, 0.2) is 17.5 Å². The minimum absolute atomic E-state index is 0.00886. The fourth-order valence-electron chi connectivity index (χ4n) is 4.17. The van der Waals surface area contributed by atoms with Crippen molar-refractivity contribution in [1.82, 2.24) is 20.4 Å². The number of nitrogens with one attached hydrogen (secondary N) is 2. The van der Waals surface area contributed by atoms with Gasteiger partial charge in [-0.1, -0.05) is 6.07 Å². The summed E-state index contributed by atoms with van der Waals surface area (Å²) in [6.45, 7) is 1.98. The number of rotatable bonds is 2. The molecule has 5 amide bonds. The van der Waals surface area contributed by atoms with E-state index in [1.54, 1.807) is 9.80 Å². The Labute approximate surface area is 160 Å². The zero-order valence-electron chi connectivity index (χ0n) is 14.9. The van der Waals surface area contributed by atoms with Crippen molar-refractivity contribution < 1.29 is 19.2 Å². The lowest BCUT2D eigenvalue weighted by molar-refractivity contribution is -0.140. The normalized spacial score (nSPS) is 24.7. The minimum Gasteiger partial charge on any atom is -0.342 e. The van der Waals surface area contributed by atoms with Crippen LogP contribution in [0.2, 0.25) is 0 Å². The highest BCUT2D eigenvalue weighted by Gasteiger charge is 2.48. The first-order valence-electron chi connectivity index (χ1n) is 9.24. The Morgan fingerprint density at radius 2 is 1.93 bits per heavy atom. The summed E-state index contributed by atoms with van der Waals surface area (Å²) in [5.74, 6) is -0.475. The topological polar surface area (TPSA) is 98.8 Å². The lowest BCUT2D eigenvalue weighted by Gasteiger charge is -2.40. The van der Waals surface area contributed by atoms with E-state index in [2.05, 4.69) is 10.6 Å². The van der Waals surface area contributed by atoms with Gasteiger partial charge in [-0.3, -0.25) is 19.7 Å². The van der Waals surface area contributed by atoms with Crippen LogP contribution in [0.5, 0.6) is 0 Å². The van der Waals surface area contributed by atoms with Gasteiger partial charge in [0.25, 0.3) is 11.8 Å². The van der Waals surface area contributed by atoms with Crippen LogP contribution in [0.1, 0.15) is 35.4 Å². The predicted molar refractivity (Wildman–Crippen MR) is 98.2 cm³/mol. The van der Waals surface area contributed by atoms with E-state index in [4.69, 9.17) is 0 Å². The van der Waals surface area contributed by atoms with Crippen LogP contribution >= 0.6 is 11.3 Å². The maximum absolute atomic E-state index is 13.0. The van der Waals surface area contributed by atoms with Gasteiger partial charge in [-0.15, -0.1) is 11.3 Å². The molecular weight excluding hydrogens is 368 g/mol. The molecule has 0 radical (unpaired) electrons. The molecule has 9 heteroatoms. The number of urea groups is 1. The van der Waals surface area contributed by atoms with Gasteiger partial charge in [0.2, 0.25) is 5.91 Å². The standard InChI is InChI=1S/C18H22N4O4S/c23-14(21-8-5-18(6-9-21)16(25)19-17(26)20-18)12-3-1-7-22(11-12)15(24)13-4-2-10-27-13/h2,4,10,12H,1,3,5-9,11H2,(H2,19,20,25,26)/t12-/m0/s1. The van der Waals surface area contributed by atoms with Gasteiger partial charge in [0.1, 0.15) is 5.54 Å². The van der Waals surface area contributed by atoms with Crippen molar-refractivity contribution in [3.8, 4) is 0 Å². The molecule has 3 fully saturated rings. The van der Waals surface area contributed by atoms with E-state index >= 15 is 0 Å². The molecule has 27 heavy (non-hydrogen) atoms. The zero-order chi connectivity index (χ0) is 19.0. The fraction of sp³-hybridized carbons (Fsp3) is 0.556. The Balaban J connectivity index is 1.36. The summed E-state index contributed by atoms with van der Waals surface area (Å²) in [4.78, 5) is 53.2. The highest BCUT2D eigenvalue weighted by molar-refractivity contribution is 7.12. The molecule has 3 saturated heterocycles. The number of amides is 5. The first kappa shape index (κ1) is 18.0. The van der Waals surface area contributed by atoms with Crippen LogP contribution in [0.25, 0.3) is 0 Å². The molecule has 1 atom stereocenters. The molecule has 3 aliphatic rings. The third-order valence-corrected chi connectivity index (χ3v) is 6.59. The smallest absolute Gasteiger partial charge is 0.322 e. The average Bonchev–Trinajstić information content (AvgIpc) is 3.30. The van der Waals surface area contributed by atoms with Gasteiger partial charge in [-0.25, -0.2) is 4.79 Å². The monoisotopic (exact) mass is 390 g/mol. The van der Waals surface area contributed by atoms with E-state index in [0.29, 0.717) is 43.9 Å². The highest BCUT2D eigenvalue weighted by atomic mass is 32.1. The van der Waals surface area contributed by atoms with Crippen molar-refractivity contribution in [3.63, 3.8) is 0 Å². The first-order valence-corrected chi connectivity index (χ1v) is 10.1. The molecule has 0 aliphatic carbocycles. The Morgan fingerprint density at radius 3 is 2.56 bits per heavy atom. The van der Waals surface area contributed by atoms with Crippen molar-refractivity contribution in [2.24, 2.45) is 5.92 Å². The van der Waals surface area contributed by atoms with Crippen LogP contribution in [0.4, 0.5) is 4.79 Å². The Hall–Kier alpha value is -2.42.